The highest BCUT2D eigenvalue weighted by molar-refractivity contribution is 6.04. The van der Waals surface area contributed by atoms with Crippen LogP contribution >= 0.6 is 0 Å². The number of nitrogens with one attached hydrogen (secondary N) is 1. The monoisotopic (exact) mass is 358 g/mol. The Kier molecular flexibility index (Phi) is 6.13. The van der Waals surface area contributed by atoms with Crippen LogP contribution in [0.25, 0.3) is 0 Å². The Labute approximate surface area is 159 Å². The second kappa shape index (κ2) is 8.92. The fraction of sp³-hybridized carbons (Fsp3) is 0.130. The molecule has 3 rings (SSSR count). The van der Waals surface area contributed by atoms with Gasteiger partial charge < -0.3 is 5.32 Å². The molecule has 0 aliphatic heterocycles. The van der Waals surface area contributed by atoms with Crippen LogP contribution < -0.4 is 5.32 Å². The molecule has 1 amide bonds. The number of likely N-dealkylation sites (N-methyl/N-ethyl adjacent to an activating group) is 1. The van der Waals surface area contributed by atoms with E-state index in [2.05, 4.69) is 5.32 Å². The lowest BCUT2D eigenvalue weighted by molar-refractivity contribution is 0.0718. The molecule has 0 saturated carbocycles. The van der Waals surface area contributed by atoms with Crippen LogP contribution in [-0.4, -0.2) is 29.8 Å². The number of hydrogen-bond acceptors (Lipinski definition) is 3. The summed E-state index contributed by atoms with van der Waals surface area (Å²) < 4.78 is 0. The molecular formula is C23H22N2O2. The second-order valence-corrected chi connectivity index (χ2v) is 6.37. The van der Waals surface area contributed by atoms with Crippen LogP contribution in [0.4, 0.5) is 0 Å². The van der Waals surface area contributed by atoms with E-state index in [1.807, 2.05) is 66.5 Å². The van der Waals surface area contributed by atoms with Crippen molar-refractivity contribution in [3.63, 3.8) is 0 Å². The Bertz CT molecular complexity index is 880. The first-order valence-electron chi connectivity index (χ1n) is 8.84. The Morgan fingerprint density at radius 3 is 1.81 bits per heavy atom. The summed E-state index contributed by atoms with van der Waals surface area (Å²) in [6.45, 7) is 0.541. The molecule has 0 aromatic heterocycles. The van der Waals surface area contributed by atoms with E-state index in [9.17, 15) is 9.59 Å². The highest BCUT2D eigenvalue weighted by Gasteiger charge is 2.26. The number of hydrogen-bond donors (Lipinski definition) is 1. The van der Waals surface area contributed by atoms with E-state index >= 15 is 0 Å². The summed E-state index contributed by atoms with van der Waals surface area (Å²) in [5.41, 5.74) is 2.16. The van der Waals surface area contributed by atoms with Gasteiger partial charge in [-0.15, -0.1) is 0 Å². The molecule has 4 nitrogen and oxygen atoms in total. The fourth-order valence-corrected chi connectivity index (χ4v) is 2.90. The van der Waals surface area contributed by atoms with Crippen LogP contribution in [0.15, 0.2) is 91.0 Å². The minimum absolute atomic E-state index is 0.140. The molecular weight excluding hydrogens is 336 g/mol. The molecule has 0 unspecified atom stereocenters. The third kappa shape index (κ3) is 4.90. The summed E-state index contributed by atoms with van der Waals surface area (Å²) in [6, 6.07) is 27.8. The van der Waals surface area contributed by atoms with Crippen molar-refractivity contribution in [1.29, 1.82) is 0 Å². The third-order valence-corrected chi connectivity index (χ3v) is 4.33. The molecule has 1 N–H and O–H groups in total. The molecule has 27 heavy (non-hydrogen) atoms. The number of Topliss-reactive ketones (excluding diaryl/α,β-unsaturated/α-hetero) is 1. The number of ketones is 1. The molecule has 0 spiro atoms. The van der Waals surface area contributed by atoms with E-state index in [1.165, 1.54) is 0 Å². The van der Waals surface area contributed by atoms with Crippen molar-refractivity contribution in [1.82, 2.24) is 10.2 Å². The summed E-state index contributed by atoms with van der Waals surface area (Å²) in [5, 5.41) is 2.89. The zero-order valence-electron chi connectivity index (χ0n) is 15.2. The largest absolute Gasteiger partial charge is 0.329 e. The van der Waals surface area contributed by atoms with Gasteiger partial charge in [0.25, 0.3) is 5.91 Å². The zero-order valence-corrected chi connectivity index (χ0v) is 15.2. The van der Waals surface area contributed by atoms with Gasteiger partial charge in [0.05, 0.1) is 0 Å². The predicted molar refractivity (Wildman–Crippen MR) is 106 cm³/mol. The fourth-order valence-electron chi connectivity index (χ4n) is 2.90. The normalized spacial score (nSPS) is 11.8. The van der Waals surface area contributed by atoms with E-state index < -0.39 is 6.17 Å². The number of carbonyl (C=O) groups is 2. The van der Waals surface area contributed by atoms with Crippen molar-refractivity contribution < 1.29 is 9.59 Å². The molecule has 0 aliphatic carbocycles. The van der Waals surface area contributed by atoms with Crippen LogP contribution in [0.3, 0.4) is 0 Å². The van der Waals surface area contributed by atoms with Crippen LogP contribution in [0.2, 0.25) is 0 Å². The lowest BCUT2D eigenvalue weighted by Crippen LogP contribution is -2.51. The van der Waals surface area contributed by atoms with Gasteiger partial charge in [-0.1, -0.05) is 78.9 Å². The van der Waals surface area contributed by atoms with Gasteiger partial charge in [0.1, 0.15) is 6.17 Å². The number of rotatable bonds is 7. The summed E-state index contributed by atoms with van der Waals surface area (Å²) in [4.78, 5) is 27.6. The second-order valence-electron chi connectivity index (χ2n) is 6.37. The topological polar surface area (TPSA) is 49.4 Å². The molecule has 0 aliphatic rings. The molecule has 3 aromatic carbocycles. The molecule has 0 heterocycles. The van der Waals surface area contributed by atoms with Crippen molar-refractivity contribution in [2.45, 2.75) is 12.7 Å². The van der Waals surface area contributed by atoms with Crippen molar-refractivity contribution in [2.24, 2.45) is 0 Å². The molecule has 0 fully saturated rings. The Morgan fingerprint density at radius 2 is 1.26 bits per heavy atom. The number of carbonyl (C=O) groups excluding carboxylic acids is 2. The Balaban J connectivity index is 1.84. The van der Waals surface area contributed by atoms with Gasteiger partial charge in [-0.3, -0.25) is 14.5 Å². The highest BCUT2D eigenvalue weighted by atomic mass is 16.2. The van der Waals surface area contributed by atoms with Gasteiger partial charge in [-0.2, -0.15) is 0 Å². The van der Waals surface area contributed by atoms with Crippen molar-refractivity contribution >= 4 is 11.7 Å². The minimum atomic E-state index is -0.764. The van der Waals surface area contributed by atoms with E-state index in [0.717, 1.165) is 5.56 Å². The van der Waals surface area contributed by atoms with E-state index in [0.29, 0.717) is 17.7 Å². The van der Waals surface area contributed by atoms with Crippen LogP contribution in [0, 0.1) is 0 Å². The maximum atomic E-state index is 13.1. The lowest BCUT2D eigenvalue weighted by Gasteiger charge is -2.28. The van der Waals surface area contributed by atoms with Gasteiger partial charge in [0, 0.05) is 17.7 Å². The maximum absolute atomic E-state index is 13.1. The first-order valence-corrected chi connectivity index (χ1v) is 8.84. The van der Waals surface area contributed by atoms with Gasteiger partial charge in [0.2, 0.25) is 0 Å². The van der Waals surface area contributed by atoms with Crippen molar-refractivity contribution in [3.05, 3.63) is 108 Å². The zero-order chi connectivity index (χ0) is 19.1. The third-order valence-electron chi connectivity index (χ3n) is 4.33. The molecule has 3 aromatic rings. The minimum Gasteiger partial charge on any atom is -0.329 e. The summed E-state index contributed by atoms with van der Waals surface area (Å²) in [7, 11) is 1.84. The Morgan fingerprint density at radius 1 is 0.778 bits per heavy atom. The summed E-state index contributed by atoms with van der Waals surface area (Å²) in [5.74, 6) is -0.414. The molecule has 0 bridgehead atoms. The quantitative estimate of drug-likeness (QED) is 0.517. The van der Waals surface area contributed by atoms with Gasteiger partial charge >= 0.3 is 0 Å². The smallest absolute Gasteiger partial charge is 0.252 e. The first-order chi connectivity index (χ1) is 13.1. The summed E-state index contributed by atoms with van der Waals surface area (Å²) >= 11 is 0. The van der Waals surface area contributed by atoms with Gasteiger partial charge in [-0.25, -0.2) is 0 Å². The predicted octanol–water partition coefficient (Wildman–Crippen LogP) is 3.76. The van der Waals surface area contributed by atoms with E-state index in [1.54, 1.807) is 36.4 Å². The van der Waals surface area contributed by atoms with E-state index in [-0.39, 0.29) is 11.7 Å². The van der Waals surface area contributed by atoms with Gasteiger partial charge in [-0.05, 0) is 24.7 Å². The summed E-state index contributed by atoms with van der Waals surface area (Å²) in [6.07, 6.45) is -0.764. The highest BCUT2D eigenvalue weighted by Crippen LogP contribution is 2.11. The molecule has 0 saturated heterocycles. The van der Waals surface area contributed by atoms with Crippen LogP contribution in [0.5, 0.6) is 0 Å². The number of amides is 1. The molecule has 0 radical (unpaired) electrons. The average molecular weight is 358 g/mol. The molecule has 1 atom stereocenters. The van der Waals surface area contributed by atoms with Crippen LogP contribution in [-0.2, 0) is 6.54 Å². The van der Waals surface area contributed by atoms with Crippen molar-refractivity contribution in [2.75, 3.05) is 7.05 Å². The first kappa shape index (κ1) is 18.5. The van der Waals surface area contributed by atoms with Crippen molar-refractivity contribution in [3.8, 4) is 0 Å². The SMILES string of the molecule is CN(Cc1ccccc1)[C@H](NC(=O)c1ccccc1)C(=O)c1ccccc1. The average Bonchev–Trinajstić information content (AvgIpc) is 2.73. The molecule has 4 heteroatoms. The van der Waals surface area contributed by atoms with E-state index in [4.69, 9.17) is 0 Å². The maximum Gasteiger partial charge on any atom is 0.252 e. The Hall–Kier alpha value is -3.24. The number of nitrogens with zero attached hydrogens (tertiary/aromatic N) is 1. The van der Waals surface area contributed by atoms with Crippen LogP contribution in [0.1, 0.15) is 26.3 Å². The van der Waals surface area contributed by atoms with Gasteiger partial charge in [0.15, 0.2) is 5.78 Å². The number of benzene rings is 3. The molecule has 136 valence electrons. The standard InChI is InChI=1S/C23H22N2O2/c1-25(17-18-11-5-2-6-12-18)22(21(26)19-13-7-3-8-14-19)24-23(27)20-15-9-4-10-16-20/h2-16,22H,17H2,1H3,(H,24,27)/t22-/m0/s1. The lowest BCUT2D eigenvalue weighted by atomic mass is 10.1.